The van der Waals surface area contributed by atoms with Crippen LogP contribution in [0.25, 0.3) is 5.57 Å². The summed E-state index contributed by atoms with van der Waals surface area (Å²) >= 11 is 6.16. The number of amides is 2. The van der Waals surface area contributed by atoms with Gasteiger partial charge in [-0.25, -0.2) is 4.39 Å². The smallest absolute Gasteiger partial charge is 0.244 e. The van der Waals surface area contributed by atoms with Gasteiger partial charge >= 0.3 is 0 Å². The second kappa shape index (κ2) is 6.57. The first kappa shape index (κ1) is 18.6. The van der Waals surface area contributed by atoms with Gasteiger partial charge in [-0.3, -0.25) is 9.59 Å². The average Bonchev–Trinajstić information content (AvgIpc) is 3.33. The molecular weight excluding hydrogens is 407 g/mol. The molecule has 2 atom stereocenters. The lowest BCUT2D eigenvalue weighted by molar-refractivity contribution is -0.122. The largest absolute Gasteiger partial charge is 0.472 e. The van der Waals surface area contributed by atoms with Crippen molar-refractivity contribution in [2.75, 3.05) is 5.32 Å². The highest BCUT2D eigenvalue weighted by molar-refractivity contribution is 6.31. The Morgan fingerprint density at radius 1 is 1.13 bits per heavy atom. The lowest BCUT2D eigenvalue weighted by Gasteiger charge is -2.41. The fourth-order valence-corrected chi connectivity index (χ4v) is 4.69. The number of nitrogens with one attached hydrogen (secondary N) is 2. The fraction of sp³-hybridized carbons (Fsp3) is 0.130. The van der Waals surface area contributed by atoms with Crippen molar-refractivity contribution in [1.29, 1.82) is 0 Å². The summed E-state index contributed by atoms with van der Waals surface area (Å²) in [5, 5.41) is 6.28. The van der Waals surface area contributed by atoms with Crippen LogP contribution in [0.1, 0.15) is 28.3 Å². The van der Waals surface area contributed by atoms with Crippen molar-refractivity contribution in [3.8, 4) is 0 Å². The summed E-state index contributed by atoms with van der Waals surface area (Å²) in [6.45, 7) is 1.82. The summed E-state index contributed by atoms with van der Waals surface area (Å²) in [5.41, 5.74) is 2.24. The molecule has 2 N–H and O–H groups in total. The number of carbonyl (C=O) groups excluding carboxylic acids is 2. The summed E-state index contributed by atoms with van der Waals surface area (Å²) in [5.74, 6) is -1.16. The number of furan rings is 1. The van der Waals surface area contributed by atoms with Crippen LogP contribution in [0.4, 0.5) is 10.1 Å². The maximum absolute atomic E-state index is 14.2. The van der Waals surface area contributed by atoms with Gasteiger partial charge in [0.2, 0.25) is 11.8 Å². The van der Waals surface area contributed by atoms with Gasteiger partial charge in [0.25, 0.3) is 0 Å². The number of aryl methyl sites for hydroxylation is 1. The lowest BCUT2D eigenvalue weighted by Crippen LogP contribution is -2.52. The topological polar surface area (TPSA) is 71.3 Å². The van der Waals surface area contributed by atoms with E-state index < -0.39 is 17.3 Å². The monoisotopic (exact) mass is 422 g/mol. The average molecular weight is 423 g/mol. The second-order valence-electron chi connectivity index (χ2n) is 7.46. The lowest BCUT2D eigenvalue weighted by atomic mass is 9.63. The zero-order chi connectivity index (χ0) is 21.0. The van der Waals surface area contributed by atoms with Crippen LogP contribution in [-0.4, -0.2) is 11.8 Å². The highest BCUT2D eigenvalue weighted by atomic mass is 35.5. The molecule has 2 aromatic carbocycles. The van der Waals surface area contributed by atoms with Gasteiger partial charge in [-0.1, -0.05) is 23.7 Å². The Labute approximate surface area is 176 Å². The van der Waals surface area contributed by atoms with Crippen molar-refractivity contribution in [3.63, 3.8) is 0 Å². The van der Waals surface area contributed by atoms with Gasteiger partial charge in [-0.2, -0.15) is 0 Å². The maximum atomic E-state index is 14.2. The van der Waals surface area contributed by atoms with Gasteiger partial charge in [0.15, 0.2) is 0 Å². The number of rotatable bonds is 2. The van der Waals surface area contributed by atoms with E-state index >= 15 is 0 Å². The summed E-state index contributed by atoms with van der Waals surface area (Å²) < 4.78 is 19.5. The van der Waals surface area contributed by atoms with Gasteiger partial charge in [-0.15, -0.1) is 0 Å². The Morgan fingerprint density at radius 2 is 1.97 bits per heavy atom. The molecule has 0 saturated carbocycles. The molecule has 2 unspecified atom stereocenters. The maximum Gasteiger partial charge on any atom is 0.244 e. The Morgan fingerprint density at radius 3 is 2.73 bits per heavy atom. The number of anilines is 1. The van der Waals surface area contributed by atoms with E-state index in [0.717, 1.165) is 5.56 Å². The molecule has 3 aromatic rings. The Balaban J connectivity index is 1.86. The van der Waals surface area contributed by atoms with Crippen LogP contribution >= 0.6 is 11.6 Å². The molecule has 0 bridgehead atoms. The summed E-state index contributed by atoms with van der Waals surface area (Å²) in [7, 11) is 0. The molecule has 2 aliphatic heterocycles. The van der Waals surface area contributed by atoms with E-state index in [0.29, 0.717) is 33.0 Å². The first-order valence-electron chi connectivity index (χ1n) is 9.34. The predicted molar refractivity (Wildman–Crippen MR) is 110 cm³/mol. The van der Waals surface area contributed by atoms with Crippen molar-refractivity contribution < 1.29 is 18.4 Å². The van der Waals surface area contributed by atoms with Crippen molar-refractivity contribution in [2.24, 2.45) is 0 Å². The van der Waals surface area contributed by atoms with Gasteiger partial charge in [-0.05, 0) is 59.5 Å². The predicted octanol–water partition coefficient (Wildman–Crippen LogP) is 4.53. The van der Waals surface area contributed by atoms with Gasteiger partial charge in [0.1, 0.15) is 11.2 Å². The van der Waals surface area contributed by atoms with Gasteiger partial charge in [0, 0.05) is 22.3 Å². The minimum absolute atomic E-state index is 0.333. The number of hydrogen-bond donors (Lipinski definition) is 2. The highest BCUT2D eigenvalue weighted by Crippen LogP contribution is 2.56. The van der Waals surface area contributed by atoms with E-state index in [4.69, 9.17) is 16.0 Å². The normalized spacial score (nSPS) is 22.5. The number of hydrogen-bond acceptors (Lipinski definition) is 3. The molecule has 3 heterocycles. The van der Waals surface area contributed by atoms with E-state index in [-0.39, 0.29) is 11.8 Å². The molecule has 0 fully saturated rings. The minimum Gasteiger partial charge on any atom is -0.472 e. The molecule has 1 aromatic heterocycles. The van der Waals surface area contributed by atoms with E-state index in [1.807, 2.05) is 6.92 Å². The molecule has 0 aliphatic carbocycles. The molecule has 30 heavy (non-hydrogen) atoms. The van der Waals surface area contributed by atoms with E-state index in [1.165, 1.54) is 30.7 Å². The second-order valence-corrected chi connectivity index (χ2v) is 7.90. The van der Waals surface area contributed by atoms with Gasteiger partial charge < -0.3 is 15.1 Å². The summed E-state index contributed by atoms with van der Waals surface area (Å²) in [6, 6.07) is 10.3. The number of benzene rings is 2. The van der Waals surface area contributed by atoms with E-state index in [2.05, 4.69) is 10.6 Å². The highest BCUT2D eigenvalue weighted by Gasteiger charge is 2.58. The SMILES string of the molecule is Cc1ccc(F)cc1C1NC(=O)C=C(c2ccoc2)C12C(=O)Nc1cc(Cl)ccc12. The minimum atomic E-state index is -1.32. The Kier molecular flexibility index (Phi) is 4.08. The molecule has 2 aliphatic rings. The standard InChI is InChI=1S/C23H16ClFN2O3/c1-12-2-4-15(25)9-16(12)21-23(17-5-3-14(24)8-19(17)26-22(23)29)18(10-20(28)27-21)13-6-7-30-11-13/h2-11,21H,1H3,(H,26,29)(H,27,28). The third kappa shape index (κ3) is 2.53. The molecule has 5 nitrogen and oxygen atoms in total. The Hall–Kier alpha value is -3.38. The van der Waals surface area contributed by atoms with Crippen molar-refractivity contribution in [2.45, 2.75) is 18.4 Å². The zero-order valence-corrected chi connectivity index (χ0v) is 16.6. The van der Waals surface area contributed by atoms with Crippen molar-refractivity contribution in [1.82, 2.24) is 5.32 Å². The van der Waals surface area contributed by atoms with Crippen LogP contribution < -0.4 is 10.6 Å². The van der Waals surface area contributed by atoms with Crippen molar-refractivity contribution >= 4 is 34.7 Å². The zero-order valence-electron chi connectivity index (χ0n) is 15.8. The summed E-state index contributed by atoms with van der Waals surface area (Å²) in [6.07, 6.45) is 4.37. The summed E-state index contributed by atoms with van der Waals surface area (Å²) in [4.78, 5) is 26.3. The Bertz CT molecular complexity index is 1240. The van der Waals surface area contributed by atoms with Crippen LogP contribution in [0.2, 0.25) is 5.02 Å². The molecule has 7 heteroatoms. The third-order valence-electron chi connectivity index (χ3n) is 5.82. The first-order valence-corrected chi connectivity index (χ1v) is 9.72. The molecule has 1 spiro atoms. The number of halogens is 2. The third-order valence-corrected chi connectivity index (χ3v) is 6.05. The molecule has 2 amide bonds. The molecular formula is C23H16ClFN2O3. The van der Waals surface area contributed by atoms with E-state index in [1.54, 1.807) is 30.3 Å². The quantitative estimate of drug-likeness (QED) is 0.637. The van der Waals surface area contributed by atoms with Crippen LogP contribution in [0.15, 0.2) is 65.5 Å². The van der Waals surface area contributed by atoms with Gasteiger partial charge in [0.05, 0.1) is 18.6 Å². The first-order chi connectivity index (χ1) is 14.4. The van der Waals surface area contributed by atoms with Crippen LogP contribution in [0, 0.1) is 12.7 Å². The van der Waals surface area contributed by atoms with E-state index in [9.17, 15) is 14.0 Å². The van der Waals surface area contributed by atoms with Crippen LogP contribution in [0.5, 0.6) is 0 Å². The van der Waals surface area contributed by atoms with Crippen LogP contribution in [-0.2, 0) is 15.0 Å². The molecule has 0 radical (unpaired) electrons. The van der Waals surface area contributed by atoms with Crippen molar-refractivity contribution in [3.05, 3.63) is 94.2 Å². The molecule has 150 valence electrons. The molecule has 0 saturated heterocycles. The fourth-order valence-electron chi connectivity index (χ4n) is 4.52. The molecule has 5 rings (SSSR count). The van der Waals surface area contributed by atoms with Crippen LogP contribution in [0.3, 0.4) is 0 Å². The number of carbonyl (C=O) groups is 2. The number of fused-ring (bicyclic) bond motifs is 2.